The molecule has 0 aliphatic carbocycles. The zero-order chi connectivity index (χ0) is 16.4. The van der Waals surface area contributed by atoms with Gasteiger partial charge < -0.3 is 19.5 Å². The van der Waals surface area contributed by atoms with Crippen LogP contribution >= 0.6 is 0 Å². The van der Waals surface area contributed by atoms with E-state index >= 15 is 0 Å². The van der Waals surface area contributed by atoms with Crippen LogP contribution in [-0.4, -0.2) is 46.8 Å². The first-order valence-corrected chi connectivity index (χ1v) is 8.16. The molecule has 2 N–H and O–H groups in total. The molecule has 3 rings (SSSR count). The van der Waals surface area contributed by atoms with Gasteiger partial charge in [-0.05, 0) is 25.0 Å². The summed E-state index contributed by atoms with van der Waals surface area (Å²) in [6.07, 6.45) is 1.55. The molecule has 1 aliphatic rings. The summed E-state index contributed by atoms with van der Waals surface area (Å²) in [7, 11) is 0. The molecule has 1 fully saturated rings. The molecule has 1 amide bonds. The number of carbonyl (C=O) groups excluding carboxylic acids is 1. The molecule has 5 nitrogen and oxygen atoms in total. The van der Waals surface area contributed by atoms with Crippen LogP contribution in [0.15, 0.2) is 34.7 Å². The Morgan fingerprint density at radius 1 is 1.43 bits per heavy atom. The maximum Gasteiger partial charge on any atom is 0.289 e. The average molecular weight is 317 g/mol. The lowest BCUT2D eigenvalue weighted by Crippen LogP contribution is -2.54. The molecule has 1 aliphatic heterocycles. The van der Waals surface area contributed by atoms with Crippen molar-refractivity contribution in [1.29, 1.82) is 0 Å². The number of para-hydroxylation sites is 1. The Labute approximate surface area is 135 Å². The van der Waals surface area contributed by atoms with Crippen molar-refractivity contribution in [2.45, 2.75) is 32.3 Å². The van der Waals surface area contributed by atoms with Gasteiger partial charge in [0.25, 0.3) is 5.91 Å². The van der Waals surface area contributed by atoms with Crippen molar-refractivity contribution >= 4 is 16.9 Å². The second-order valence-corrected chi connectivity index (χ2v) is 6.44. The van der Waals surface area contributed by atoms with Crippen molar-refractivity contribution in [2.75, 3.05) is 19.7 Å². The number of hydrogen-bond acceptors (Lipinski definition) is 4. The highest BCUT2D eigenvalue weighted by Gasteiger charge is 2.42. The van der Waals surface area contributed by atoms with E-state index in [1.54, 1.807) is 11.0 Å². The monoisotopic (exact) mass is 317 g/mol. The van der Waals surface area contributed by atoms with Gasteiger partial charge in [0.2, 0.25) is 0 Å². The van der Waals surface area contributed by atoms with Crippen molar-refractivity contribution in [3.8, 4) is 0 Å². The van der Waals surface area contributed by atoms with Gasteiger partial charge in [0, 0.05) is 23.9 Å². The summed E-state index contributed by atoms with van der Waals surface area (Å²) >= 11 is 0. The second kappa shape index (κ2) is 6.34. The molecule has 124 valence electrons. The molecule has 2 aromatic rings. The highest BCUT2D eigenvalue weighted by Crippen LogP contribution is 2.36. The number of carbonyl (C=O) groups is 1. The van der Waals surface area contributed by atoms with Crippen LogP contribution in [0.5, 0.6) is 0 Å². The molecule has 5 heteroatoms. The summed E-state index contributed by atoms with van der Waals surface area (Å²) in [5.74, 6) is 0.0914. The van der Waals surface area contributed by atoms with Gasteiger partial charge in [-0.25, -0.2) is 0 Å². The quantitative estimate of drug-likeness (QED) is 0.908. The van der Waals surface area contributed by atoms with E-state index in [1.807, 2.05) is 31.2 Å². The smallest absolute Gasteiger partial charge is 0.289 e. The van der Waals surface area contributed by atoms with Crippen LogP contribution < -0.4 is 0 Å². The van der Waals surface area contributed by atoms with Crippen LogP contribution in [0.3, 0.4) is 0 Å². The normalized spacial score (nSPS) is 25.0. The predicted molar refractivity (Wildman–Crippen MR) is 87.2 cm³/mol. The predicted octanol–water partition coefficient (Wildman–Crippen LogP) is 2.42. The zero-order valence-corrected chi connectivity index (χ0v) is 13.4. The number of likely N-dealkylation sites (tertiary alicyclic amines) is 1. The van der Waals surface area contributed by atoms with Crippen molar-refractivity contribution < 1.29 is 19.4 Å². The van der Waals surface area contributed by atoms with E-state index in [0.29, 0.717) is 24.3 Å². The number of amides is 1. The summed E-state index contributed by atoms with van der Waals surface area (Å²) in [4.78, 5) is 14.2. The van der Waals surface area contributed by atoms with E-state index in [0.717, 1.165) is 18.2 Å². The van der Waals surface area contributed by atoms with Crippen LogP contribution in [0, 0.1) is 5.41 Å². The van der Waals surface area contributed by atoms with Gasteiger partial charge in [0.15, 0.2) is 5.76 Å². The van der Waals surface area contributed by atoms with Crippen LogP contribution in [0.1, 0.15) is 36.7 Å². The number of rotatable bonds is 4. The Morgan fingerprint density at radius 2 is 2.22 bits per heavy atom. The molecular weight excluding hydrogens is 294 g/mol. The summed E-state index contributed by atoms with van der Waals surface area (Å²) < 4.78 is 5.62. The van der Waals surface area contributed by atoms with Crippen molar-refractivity contribution in [3.63, 3.8) is 0 Å². The second-order valence-electron chi connectivity index (χ2n) is 6.44. The van der Waals surface area contributed by atoms with Crippen LogP contribution in [0.25, 0.3) is 11.0 Å². The number of piperidine rings is 1. The summed E-state index contributed by atoms with van der Waals surface area (Å²) in [5.41, 5.74) is 0.198. The first-order valence-electron chi connectivity index (χ1n) is 8.16. The van der Waals surface area contributed by atoms with E-state index in [2.05, 4.69) is 0 Å². The van der Waals surface area contributed by atoms with Gasteiger partial charge in [-0.15, -0.1) is 0 Å². The van der Waals surface area contributed by atoms with E-state index in [4.69, 9.17) is 4.42 Å². The Balaban J connectivity index is 1.77. The number of nitrogens with zero attached hydrogens (tertiary/aromatic N) is 1. The summed E-state index contributed by atoms with van der Waals surface area (Å²) in [6, 6.07) is 9.24. The van der Waals surface area contributed by atoms with Gasteiger partial charge >= 0.3 is 0 Å². The maximum atomic E-state index is 12.6. The van der Waals surface area contributed by atoms with Crippen LogP contribution in [0.4, 0.5) is 0 Å². The van der Waals surface area contributed by atoms with E-state index in [-0.39, 0.29) is 19.1 Å². The fraction of sp³-hybridized carbons (Fsp3) is 0.500. The fourth-order valence-corrected chi connectivity index (χ4v) is 3.50. The van der Waals surface area contributed by atoms with Gasteiger partial charge in [-0.2, -0.15) is 0 Å². The molecule has 0 bridgehead atoms. The van der Waals surface area contributed by atoms with E-state index in [9.17, 15) is 15.0 Å². The SMILES string of the molecule is CCC[C@]1(CO)CCN(C(=O)c2cc3ccccc3o2)C[C@H]1O. The molecule has 2 atom stereocenters. The minimum atomic E-state index is -0.713. The first kappa shape index (κ1) is 16.0. The number of furan rings is 1. The number of β-amino-alcohol motifs (C(OH)–C–C–N with tert-alkyl or cyclic N) is 1. The van der Waals surface area contributed by atoms with Crippen molar-refractivity contribution in [1.82, 2.24) is 4.90 Å². The Morgan fingerprint density at radius 3 is 2.87 bits per heavy atom. The maximum absolute atomic E-state index is 12.6. The summed E-state index contributed by atoms with van der Waals surface area (Å²) in [5, 5.41) is 21.1. The molecule has 0 unspecified atom stereocenters. The lowest BCUT2D eigenvalue weighted by molar-refractivity contribution is -0.0717. The molecule has 0 spiro atoms. The zero-order valence-electron chi connectivity index (χ0n) is 13.4. The highest BCUT2D eigenvalue weighted by molar-refractivity contribution is 5.96. The van der Waals surface area contributed by atoms with E-state index in [1.165, 1.54) is 0 Å². The molecule has 23 heavy (non-hydrogen) atoms. The molecular formula is C18H23NO4. The Hall–Kier alpha value is -1.85. The largest absolute Gasteiger partial charge is 0.451 e. The molecule has 2 heterocycles. The Bertz CT molecular complexity index is 662. The van der Waals surface area contributed by atoms with Gasteiger partial charge in [-0.1, -0.05) is 31.5 Å². The minimum absolute atomic E-state index is 0.0469. The number of fused-ring (bicyclic) bond motifs is 1. The number of hydrogen-bond donors (Lipinski definition) is 2. The lowest BCUT2D eigenvalue weighted by Gasteiger charge is -2.44. The van der Waals surface area contributed by atoms with Crippen LogP contribution in [0.2, 0.25) is 0 Å². The Kier molecular flexibility index (Phi) is 4.41. The van der Waals surface area contributed by atoms with Gasteiger partial charge in [-0.3, -0.25) is 4.79 Å². The third-order valence-corrected chi connectivity index (χ3v) is 4.97. The molecule has 1 aromatic carbocycles. The van der Waals surface area contributed by atoms with Gasteiger partial charge in [0.1, 0.15) is 5.58 Å². The standard InChI is InChI=1S/C18H23NO4/c1-2-7-18(12-20)8-9-19(11-16(18)21)17(22)15-10-13-5-3-4-6-14(13)23-15/h3-6,10,16,20-21H,2,7-9,11-12H2,1H3/t16-,18-/m1/s1. The third kappa shape index (κ3) is 2.86. The molecule has 0 radical (unpaired) electrons. The number of aliphatic hydroxyl groups is 2. The topological polar surface area (TPSA) is 73.9 Å². The first-order chi connectivity index (χ1) is 11.1. The van der Waals surface area contributed by atoms with Crippen molar-refractivity contribution in [2.24, 2.45) is 5.41 Å². The molecule has 0 saturated carbocycles. The molecule has 1 saturated heterocycles. The third-order valence-electron chi connectivity index (χ3n) is 4.97. The number of aliphatic hydroxyl groups excluding tert-OH is 2. The van der Waals surface area contributed by atoms with Crippen LogP contribution in [-0.2, 0) is 0 Å². The number of benzene rings is 1. The summed E-state index contributed by atoms with van der Waals surface area (Å²) in [6.45, 7) is 2.74. The van der Waals surface area contributed by atoms with E-state index < -0.39 is 11.5 Å². The van der Waals surface area contributed by atoms with Gasteiger partial charge in [0.05, 0.1) is 12.7 Å². The highest BCUT2D eigenvalue weighted by atomic mass is 16.3. The van der Waals surface area contributed by atoms with Crippen molar-refractivity contribution in [3.05, 3.63) is 36.1 Å². The molecule has 1 aromatic heterocycles. The minimum Gasteiger partial charge on any atom is -0.451 e. The average Bonchev–Trinajstić information content (AvgIpc) is 3.00. The fourth-order valence-electron chi connectivity index (χ4n) is 3.50. The lowest BCUT2D eigenvalue weighted by atomic mass is 9.73.